The van der Waals surface area contributed by atoms with Crippen molar-refractivity contribution in [3.8, 4) is 23.0 Å². The Bertz CT molecular complexity index is 1870. The fraction of sp³-hybridized carbons (Fsp3) is 0.538. The predicted octanol–water partition coefficient (Wildman–Crippen LogP) is 11.1. The maximum Gasteiger partial charge on any atom is 0.189 e. The highest BCUT2D eigenvalue weighted by Crippen LogP contribution is 2.43. The van der Waals surface area contributed by atoms with Gasteiger partial charge < -0.3 is 33.9 Å². The minimum absolute atomic E-state index is 0.0286. The number of aromatic hydroxyl groups is 2. The van der Waals surface area contributed by atoms with Gasteiger partial charge in [-0.3, -0.25) is 0 Å². The second-order valence-electron chi connectivity index (χ2n) is 20.8. The molecule has 0 fully saturated rings. The number of phenols is 2. The lowest BCUT2D eigenvalue weighted by Gasteiger charge is -2.28. The molecule has 1 aliphatic carbocycles. The summed E-state index contributed by atoms with van der Waals surface area (Å²) in [7, 11) is 0. The number of hydrogen-bond donors (Lipinski definition) is 2. The van der Waals surface area contributed by atoms with Gasteiger partial charge in [0.05, 0.1) is 33.0 Å². The molecule has 0 saturated heterocycles. The fourth-order valence-electron chi connectivity index (χ4n) is 7.95. The molecule has 7 heteroatoms. The minimum Gasteiger partial charge on any atom is -0.507 e. The third-order valence-corrected chi connectivity index (χ3v) is 11.7. The summed E-state index contributed by atoms with van der Waals surface area (Å²) in [5.41, 5.74) is 11.2. The maximum atomic E-state index is 12.5. The van der Waals surface area contributed by atoms with Gasteiger partial charge in [0.1, 0.15) is 23.0 Å². The first-order valence-electron chi connectivity index (χ1n) is 21.6. The minimum atomic E-state index is -0.187. The second-order valence-corrected chi connectivity index (χ2v) is 20.8. The van der Waals surface area contributed by atoms with Crippen molar-refractivity contribution in [2.75, 3.05) is 46.4 Å². The quantitative estimate of drug-likeness (QED) is 0.161. The molecule has 6 rings (SSSR count). The van der Waals surface area contributed by atoms with E-state index >= 15 is 0 Å². The van der Waals surface area contributed by atoms with Crippen LogP contribution in [0.4, 0.5) is 0 Å². The Balaban J connectivity index is 1.72. The summed E-state index contributed by atoms with van der Waals surface area (Å²) in [4.78, 5) is 0. The molecule has 10 bridgehead atoms. The molecule has 320 valence electrons. The summed E-state index contributed by atoms with van der Waals surface area (Å²) in [6, 6.07) is 17.7. The lowest BCUT2D eigenvalue weighted by Crippen LogP contribution is -2.17. The molecule has 0 aromatic heterocycles. The van der Waals surface area contributed by atoms with Crippen molar-refractivity contribution in [1.29, 1.82) is 0 Å². The van der Waals surface area contributed by atoms with Crippen molar-refractivity contribution in [3.63, 3.8) is 0 Å². The van der Waals surface area contributed by atoms with E-state index in [-0.39, 0.29) is 40.0 Å². The van der Waals surface area contributed by atoms with Crippen LogP contribution >= 0.6 is 0 Å². The van der Waals surface area contributed by atoms with Crippen LogP contribution in [0.2, 0.25) is 0 Å². The first-order chi connectivity index (χ1) is 27.6. The molecule has 7 nitrogen and oxygen atoms in total. The number of rotatable bonds is 0. The van der Waals surface area contributed by atoms with Crippen LogP contribution in [0.3, 0.4) is 0 Å². The van der Waals surface area contributed by atoms with Crippen molar-refractivity contribution < 1.29 is 33.9 Å². The van der Waals surface area contributed by atoms with E-state index in [1.54, 1.807) is 0 Å². The van der Waals surface area contributed by atoms with Crippen molar-refractivity contribution in [2.24, 2.45) is 0 Å². The van der Waals surface area contributed by atoms with Crippen molar-refractivity contribution in [2.45, 2.75) is 137 Å². The molecular formula is C52H70O7. The third-order valence-electron chi connectivity index (χ3n) is 11.7. The summed E-state index contributed by atoms with van der Waals surface area (Å²) >= 11 is 0. The molecule has 0 radical (unpaired) electrons. The molecule has 1 heterocycles. The van der Waals surface area contributed by atoms with Gasteiger partial charge in [0.2, 0.25) is 0 Å². The number of ether oxygens (including phenoxy) is 5. The van der Waals surface area contributed by atoms with Gasteiger partial charge in [0.15, 0.2) is 6.79 Å². The number of hydrogen-bond acceptors (Lipinski definition) is 7. The van der Waals surface area contributed by atoms with Crippen molar-refractivity contribution in [3.05, 3.63) is 115 Å². The molecule has 4 aromatic carbocycles. The Morgan fingerprint density at radius 1 is 0.356 bits per heavy atom. The van der Waals surface area contributed by atoms with E-state index in [2.05, 4.69) is 132 Å². The van der Waals surface area contributed by atoms with Crippen LogP contribution in [-0.2, 0) is 61.6 Å². The smallest absolute Gasteiger partial charge is 0.189 e. The maximum absolute atomic E-state index is 12.5. The van der Waals surface area contributed by atoms with Crippen LogP contribution in [0.15, 0.2) is 48.5 Å². The van der Waals surface area contributed by atoms with Crippen LogP contribution in [0.25, 0.3) is 0 Å². The summed E-state index contributed by atoms with van der Waals surface area (Å²) in [5, 5.41) is 24.9. The van der Waals surface area contributed by atoms with Gasteiger partial charge in [-0.05, 0) is 88.4 Å². The summed E-state index contributed by atoms with van der Waals surface area (Å²) < 4.78 is 31.3. The number of benzene rings is 4. The van der Waals surface area contributed by atoms with E-state index in [0.29, 0.717) is 77.5 Å². The van der Waals surface area contributed by atoms with Crippen LogP contribution in [0.5, 0.6) is 23.0 Å². The average Bonchev–Trinajstić information content (AvgIpc) is 3.12. The highest BCUT2D eigenvalue weighted by atomic mass is 16.7. The van der Waals surface area contributed by atoms with Gasteiger partial charge >= 0.3 is 0 Å². The molecule has 4 aromatic rings. The van der Waals surface area contributed by atoms with Gasteiger partial charge in [-0.25, -0.2) is 0 Å². The van der Waals surface area contributed by atoms with Crippen molar-refractivity contribution in [1.82, 2.24) is 0 Å². The highest BCUT2D eigenvalue weighted by molar-refractivity contribution is 5.59. The Morgan fingerprint density at radius 3 is 0.983 bits per heavy atom. The molecular weight excluding hydrogens is 737 g/mol. The van der Waals surface area contributed by atoms with Gasteiger partial charge in [0.25, 0.3) is 0 Å². The summed E-state index contributed by atoms with van der Waals surface area (Å²) in [5.74, 6) is 2.08. The van der Waals surface area contributed by atoms with Crippen LogP contribution in [0, 0.1) is 0 Å². The van der Waals surface area contributed by atoms with E-state index in [1.165, 1.54) is 5.56 Å². The van der Waals surface area contributed by atoms with E-state index in [9.17, 15) is 10.2 Å². The molecule has 0 saturated carbocycles. The standard InChI is InChI=1S/C52H70O7/c1-49(2,3)41-24-33-20-37-28-43(51(7,8)9)29-38-21-34-25-42(50(4,5)6)27-36(46(34)54)23-40-31-44(52(10,11)12)30-39(22-35(26-41)45(33)53)48(40)59-32-57-19-18-56-17-16-55-14-13-15-58-47(37)38/h24-31,53-54H,13-23,32H2,1-12H3. The van der Waals surface area contributed by atoms with Crippen LogP contribution < -0.4 is 9.47 Å². The predicted molar refractivity (Wildman–Crippen MR) is 238 cm³/mol. The number of phenolic OH excluding ortho intramolecular Hbond substituents is 2. The summed E-state index contributed by atoms with van der Waals surface area (Å²) in [6.07, 6.45) is 2.50. The Morgan fingerprint density at radius 2 is 0.644 bits per heavy atom. The zero-order chi connectivity index (χ0) is 42.9. The average molecular weight is 807 g/mol. The molecule has 0 atom stereocenters. The fourth-order valence-corrected chi connectivity index (χ4v) is 7.95. The van der Waals surface area contributed by atoms with E-state index in [0.717, 1.165) is 66.9 Å². The second kappa shape index (κ2) is 17.5. The van der Waals surface area contributed by atoms with E-state index in [4.69, 9.17) is 23.7 Å². The Labute approximate surface area is 354 Å². The molecule has 59 heavy (non-hydrogen) atoms. The molecule has 1 aliphatic heterocycles. The summed E-state index contributed by atoms with van der Waals surface area (Å²) in [6.45, 7) is 29.5. The highest BCUT2D eigenvalue weighted by Gasteiger charge is 2.28. The molecule has 2 aliphatic rings. The monoisotopic (exact) mass is 807 g/mol. The SMILES string of the molecule is CC(C)(C)c1cc2c(O)c(c1)Cc1cc(C(C)(C)C)cc3c1OCOCCOCCOCCCOc1c(cc(C(C)(C)C)cc1Cc1cc(C(C)(C)C)cc(c1O)C3)C2. The van der Waals surface area contributed by atoms with Gasteiger partial charge in [-0.15, -0.1) is 0 Å². The van der Waals surface area contributed by atoms with E-state index < -0.39 is 0 Å². The zero-order valence-electron chi connectivity index (χ0n) is 38.0. The Kier molecular flexibility index (Phi) is 13.2. The third kappa shape index (κ3) is 10.8. The van der Waals surface area contributed by atoms with E-state index in [1.807, 2.05) is 0 Å². The Hall–Kier alpha value is -4.04. The lowest BCUT2D eigenvalue weighted by molar-refractivity contribution is -0.0275. The topological polar surface area (TPSA) is 86.6 Å². The first-order valence-corrected chi connectivity index (χ1v) is 21.6. The zero-order valence-corrected chi connectivity index (χ0v) is 38.0. The van der Waals surface area contributed by atoms with Crippen LogP contribution in [0.1, 0.15) is 156 Å². The molecule has 0 amide bonds. The first kappa shape index (κ1) is 44.5. The van der Waals surface area contributed by atoms with Crippen molar-refractivity contribution >= 4 is 0 Å². The lowest BCUT2D eigenvalue weighted by atomic mass is 9.79. The normalized spacial score (nSPS) is 16.5. The van der Waals surface area contributed by atoms with Gasteiger partial charge in [0, 0.05) is 38.7 Å². The molecule has 0 unspecified atom stereocenters. The largest absolute Gasteiger partial charge is 0.507 e. The van der Waals surface area contributed by atoms with Crippen LogP contribution in [-0.4, -0.2) is 56.6 Å². The van der Waals surface area contributed by atoms with Gasteiger partial charge in [-0.2, -0.15) is 0 Å². The number of fused-ring (bicyclic) bond motifs is 2. The molecule has 2 N–H and O–H groups in total. The molecule has 0 spiro atoms. The van der Waals surface area contributed by atoms with Gasteiger partial charge in [-0.1, -0.05) is 132 Å².